The highest BCUT2D eigenvalue weighted by Gasteiger charge is 2.22. The Morgan fingerprint density at radius 3 is 0.841 bits per heavy atom. The van der Waals surface area contributed by atoms with Crippen LogP contribution < -0.4 is 0 Å². The molecule has 7 aromatic rings. The molecular formula is C36H14N8. The molecule has 8 heteroatoms. The predicted molar refractivity (Wildman–Crippen MR) is 163 cm³/mol. The normalized spacial score (nSPS) is 10.6. The zero-order valence-corrected chi connectivity index (χ0v) is 22.7. The lowest BCUT2D eigenvalue weighted by Gasteiger charge is -2.18. The Morgan fingerprint density at radius 1 is 0.341 bits per heavy atom. The van der Waals surface area contributed by atoms with E-state index in [2.05, 4.69) is 36.4 Å². The second-order valence-corrected chi connectivity index (χ2v) is 10.2. The van der Waals surface area contributed by atoms with Crippen LogP contribution in [0.3, 0.4) is 0 Å². The van der Waals surface area contributed by atoms with E-state index in [1.807, 2.05) is 33.4 Å². The van der Waals surface area contributed by atoms with E-state index in [0.29, 0.717) is 55.7 Å². The fraction of sp³-hybridized carbons (Fsp3) is 0. The van der Waals surface area contributed by atoms with Crippen LogP contribution in [0.5, 0.6) is 0 Å². The van der Waals surface area contributed by atoms with Gasteiger partial charge in [-0.25, -0.2) is 0 Å². The first-order valence-electron chi connectivity index (χ1n) is 13.3. The summed E-state index contributed by atoms with van der Waals surface area (Å²) in [6.45, 7) is 0. The molecule has 0 bridgehead atoms. The number of rotatable bonds is 2. The van der Waals surface area contributed by atoms with Crippen molar-refractivity contribution in [2.45, 2.75) is 0 Å². The third kappa shape index (κ3) is 3.58. The lowest BCUT2D eigenvalue weighted by atomic mass is 10.1. The summed E-state index contributed by atoms with van der Waals surface area (Å²) in [6.07, 6.45) is 0. The van der Waals surface area contributed by atoms with Gasteiger partial charge in [-0.15, -0.1) is 0 Å². The molecule has 0 aliphatic rings. The predicted octanol–water partition coefficient (Wildman–Crippen LogP) is 7.11. The lowest BCUT2D eigenvalue weighted by molar-refractivity contribution is 1.09. The molecule has 2 aromatic heterocycles. The molecular weight excluding hydrogens is 544 g/mol. The summed E-state index contributed by atoms with van der Waals surface area (Å²) in [5.74, 6) is 0. The van der Waals surface area contributed by atoms with Crippen LogP contribution in [0.15, 0.2) is 84.9 Å². The van der Waals surface area contributed by atoms with Crippen LogP contribution in [-0.4, -0.2) is 9.13 Å². The van der Waals surface area contributed by atoms with Crippen LogP contribution in [-0.2, 0) is 0 Å². The van der Waals surface area contributed by atoms with Crippen molar-refractivity contribution < 1.29 is 0 Å². The van der Waals surface area contributed by atoms with Crippen molar-refractivity contribution in [1.82, 2.24) is 9.13 Å². The molecule has 0 fully saturated rings. The largest absolute Gasteiger partial charge is 0.307 e. The van der Waals surface area contributed by atoms with E-state index in [-0.39, 0.29) is 11.1 Å². The zero-order valence-electron chi connectivity index (χ0n) is 22.7. The summed E-state index contributed by atoms with van der Waals surface area (Å²) < 4.78 is 3.78. The smallest absolute Gasteiger partial charge is 0.101 e. The summed E-state index contributed by atoms with van der Waals surface area (Å²) in [6, 6.07) is 37.6. The van der Waals surface area contributed by atoms with Gasteiger partial charge in [0, 0.05) is 21.5 Å². The fourth-order valence-electron chi connectivity index (χ4n) is 5.95. The Kier molecular flexibility index (Phi) is 5.60. The van der Waals surface area contributed by atoms with Crippen molar-refractivity contribution in [2.75, 3.05) is 0 Å². The Labute approximate surface area is 250 Å². The molecule has 0 atom stereocenters. The highest BCUT2D eigenvalue weighted by molar-refractivity contribution is 6.12. The molecule has 7 rings (SSSR count). The molecule has 0 saturated carbocycles. The maximum atomic E-state index is 10.1. The summed E-state index contributed by atoms with van der Waals surface area (Å²) in [7, 11) is 0. The van der Waals surface area contributed by atoms with Crippen LogP contribution >= 0.6 is 0 Å². The Bertz CT molecular complexity index is 2350. The third-order valence-electron chi connectivity index (χ3n) is 7.89. The van der Waals surface area contributed by atoms with Gasteiger partial charge in [0.05, 0.1) is 91.1 Å². The molecule has 0 N–H and O–H groups in total. The molecule has 44 heavy (non-hydrogen) atoms. The number of hydrogen-bond acceptors (Lipinski definition) is 6. The van der Waals surface area contributed by atoms with Gasteiger partial charge in [-0.2, -0.15) is 31.6 Å². The van der Waals surface area contributed by atoms with Gasteiger partial charge in [0.15, 0.2) is 0 Å². The molecule has 0 spiro atoms. The van der Waals surface area contributed by atoms with Gasteiger partial charge in [-0.1, -0.05) is 24.3 Å². The summed E-state index contributed by atoms with van der Waals surface area (Å²) in [4.78, 5) is 0. The maximum absolute atomic E-state index is 10.1. The average Bonchev–Trinajstić information content (AvgIpc) is 3.57. The van der Waals surface area contributed by atoms with E-state index in [4.69, 9.17) is 0 Å². The van der Waals surface area contributed by atoms with Crippen molar-refractivity contribution in [3.8, 4) is 47.8 Å². The number of hydrogen-bond donors (Lipinski definition) is 0. The van der Waals surface area contributed by atoms with Gasteiger partial charge in [0.25, 0.3) is 0 Å². The second-order valence-electron chi connectivity index (χ2n) is 10.2. The van der Waals surface area contributed by atoms with E-state index in [1.54, 1.807) is 60.7 Å². The van der Waals surface area contributed by atoms with E-state index in [9.17, 15) is 31.6 Å². The Hall–Kier alpha value is -7.36. The van der Waals surface area contributed by atoms with E-state index < -0.39 is 0 Å². The molecule has 0 aliphatic heterocycles. The average molecular weight is 559 g/mol. The van der Waals surface area contributed by atoms with E-state index in [1.165, 1.54) is 0 Å². The van der Waals surface area contributed by atoms with Gasteiger partial charge >= 0.3 is 0 Å². The number of aromatic nitrogens is 2. The van der Waals surface area contributed by atoms with Crippen molar-refractivity contribution in [1.29, 1.82) is 31.6 Å². The summed E-state index contributed by atoms with van der Waals surface area (Å²) in [5.41, 5.74) is 5.66. The van der Waals surface area contributed by atoms with Gasteiger partial charge in [0.1, 0.15) is 12.1 Å². The fourth-order valence-corrected chi connectivity index (χ4v) is 5.95. The van der Waals surface area contributed by atoms with Gasteiger partial charge in [-0.3, -0.25) is 0 Å². The van der Waals surface area contributed by atoms with E-state index >= 15 is 0 Å². The van der Waals surface area contributed by atoms with Crippen LogP contribution in [0.25, 0.3) is 55.0 Å². The van der Waals surface area contributed by atoms with Gasteiger partial charge in [-0.05, 0) is 60.7 Å². The molecule has 0 aliphatic carbocycles. The summed E-state index contributed by atoms with van der Waals surface area (Å²) >= 11 is 0. The Balaban J connectivity index is 1.75. The first-order valence-corrected chi connectivity index (χ1v) is 13.3. The lowest BCUT2D eigenvalue weighted by Crippen LogP contribution is -2.06. The molecule has 0 radical (unpaired) electrons. The molecule has 0 unspecified atom stereocenters. The Morgan fingerprint density at radius 2 is 0.614 bits per heavy atom. The molecule has 8 nitrogen and oxygen atoms in total. The number of nitriles is 6. The van der Waals surface area contributed by atoms with Gasteiger partial charge in [0.2, 0.25) is 0 Å². The molecule has 5 aromatic carbocycles. The highest BCUT2D eigenvalue weighted by Crippen LogP contribution is 2.40. The van der Waals surface area contributed by atoms with Crippen LogP contribution in [0.1, 0.15) is 33.4 Å². The van der Waals surface area contributed by atoms with Crippen molar-refractivity contribution >= 4 is 43.6 Å². The van der Waals surface area contributed by atoms with Crippen LogP contribution in [0, 0.1) is 68.0 Å². The topological polar surface area (TPSA) is 153 Å². The zero-order chi connectivity index (χ0) is 30.5. The number of fused-ring (bicyclic) bond motifs is 6. The van der Waals surface area contributed by atoms with Gasteiger partial charge < -0.3 is 9.13 Å². The summed E-state index contributed by atoms with van der Waals surface area (Å²) in [5, 5.41) is 62.6. The number of benzene rings is 5. The molecule has 2 heterocycles. The monoisotopic (exact) mass is 558 g/mol. The molecule has 198 valence electrons. The van der Waals surface area contributed by atoms with Crippen molar-refractivity contribution in [2.24, 2.45) is 0 Å². The minimum Gasteiger partial charge on any atom is -0.307 e. The molecule has 0 saturated heterocycles. The first-order chi connectivity index (χ1) is 21.5. The third-order valence-corrected chi connectivity index (χ3v) is 7.89. The van der Waals surface area contributed by atoms with Crippen LogP contribution in [0.2, 0.25) is 0 Å². The standard InChI is InChI=1S/C36H14N8/c37-15-21-1-5-27-28-6-2-22(16-38)10-32(28)43(31(27)9-21)35-13-25(19-41)26(20-42)14-36(35)44-33-11-23(17-39)3-7-29(33)30-8-4-24(18-40)12-34(30)44/h1-14H. The van der Waals surface area contributed by atoms with Crippen molar-refractivity contribution in [3.05, 3.63) is 118 Å². The molecule has 0 amide bonds. The number of nitrogens with zero attached hydrogens (tertiary/aromatic N) is 8. The second kappa shape index (κ2) is 9.63. The maximum Gasteiger partial charge on any atom is 0.101 e. The SMILES string of the molecule is N#Cc1ccc2c3ccc(C#N)cc3n(-c3cc(C#N)c(C#N)cc3-n3c4cc(C#N)ccc4c4ccc(C#N)cc43)c2c1. The first kappa shape index (κ1) is 25.6. The highest BCUT2D eigenvalue weighted by atomic mass is 15.1. The van der Waals surface area contributed by atoms with Crippen molar-refractivity contribution in [3.63, 3.8) is 0 Å². The van der Waals surface area contributed by atoms with Crippen LogP contribution in [0.4, 0.5) is 0 Å². The minimum absolute atomic E-state index is 0.144. The quantitative estimate of drug-likeness (QED) is 0.220. The van der Waals surface area contributed by atoms with E-state index in [0.717, 1.165) is 21.5 Å². The minimum atomic E-state index is 0.144.